The van der Waals surface area contributed by atoms with Crippen molar-refractivity contribution in [3.63, 3.8) is 0 Å². The minimum atomic E-state index is -1.26. The van der Waals surface area contributed by atoms with Crippen LogP contribution in [0.3, 0.4) is 0 Å². The third kappa shape index (κ3) is 4.25. The maximum atomic E-state index is 13.4. The Labute approximate surface area is 177 Å². The van der Waals surface area contributed by atoms with Gasteiger partial charge in [-0.3, -0.25) is 14.5 Å². The van der Waals surface area contributed by atoms with E-state index in [-0.39, 0.29) is 12.5 Å². The summed E-state index contributed by atoms with van der Waals surface area (Å²) in [5.74, 6) is -1.12. The highest BCUT2D eigenvalue weighted by Gasteiger charge is 2.52. The van der Waals surface area contributed by atoms with Gasteiger partial charge in [-0.05, 0) is 56.7 Å². The summed E-state index contributed by atoms with van der Waals surface area (Å²) in [6, 6.07) is 5.04. The van der Waals surface area contributed by atoms with Crippen LogP contribution >= 0.6 is 0 Å². The van der Waals surface area contributed by atoms with E-state index in [4.69, 9.17) is 0 Å². The Bertz CT molecular complexity index is 837. The van der Waals surface area contributed by atoms with Gasteiger partial charge < -0.3 is 10.2 Å². The Morgan fingerprint density at radius 1 is 1.20 bits per heavy atom. The van der Waals surface area contributed by atoms with Crippen LogP contribution in [-0.4, -0.2) is 40.7 Å². The number of nitrogens with zero attached hydrogens (tertiary/aromatic N) is 2. The predicted molar refractivity (Wildman–Crippen MR) is 112 cm³/mol. The summed E-state index contributed by atoms with van der Waals surface area (Å²) in [6.07, 6.45) is 7.92. The lowest BCUT2D eigenvalue weighted by atomic mass is 9.85. The molecule has 6 nitrogen and oxygen atoms in total. The Morgan fingerprint density at radius 3 is 2.53 bits per heavy atom. The molecule has 0 aromatic heterocycles. The molecule has 2 aliphatic rings. The Balaban J connectivity index is 1.84. The summed E-state index contributed by atoms with van der Waals surface area (Å²) in [6.45, 7) is 4.08. The Morgan fingerprint density at radius 2 is 1.93 bits per heavy atom. The lowest BCUT2D eigenvalue weighted by molar-refractivity contribution is -0.138. The lowest BCUT2D eigenvalue weighted by Gasteiger charge is -2.29. The molecule has 1 aromatic rings. The molecule has 1 aliphatic heterocycles. The second kappa shape index (κ2) is 9.41. The molecule has 30 heavy (non-hydrogen) atoms. The van der Waals surface area contributed by atoms with Crippen LogP contribution in [0.5, 0.6) is 0 Å². The predicted octanol–water partition coefficient (Wildman–Crippen LogP) is 4.07. The van der Waals surface area contributed by atoms with Crippen LogP contribution in [0.4, 0.5) is 9.18 Å². The van der Waals surface area contributed by atoms with Gasteiger partial charge in [-0.2, -0.15) is 0 Å². The zero-order valence-corrected chi connectivity index (χ0v) is 17.7. The average Bonchev–Trinajstić information content (AvgIpc) is 2.99. The van der Waals surface area contributed by atoms with Crippen molar-refractivity contribution >= 4 is 17.8 Å². The first-order chi connectivity index (χ1) is 14.4. The standard InChI is InChI=1S/C23H30FN3O3/c1-3-5-15-23(17-11-13-18(24)14-12-17)21(29)27(22(30)25-23)16-20(28)26(4-2)19-9-7-6-8-10-19/h9,11-14H,3-8,10,15-16H2,1-2H3,(H,25,30)/t23-/m1/s1. The van der Waals surface area contributed by atoms with Crippen LogP contribution in [0, 0.1) is 5.82 Å². The molecule has 3 rings (SSSR count). The molecule has 7 heteroatoms. The number of hydrogen-bond donors (Lipinski definition) is 1. The zero-order chi connectivity index (χ0) is 21.7. The highest BCUT2D eigenvalue weighted by atomic mass is 19.1. The topological polar surface area (TPSA) is 69.7 Å². The Kier molecular flexibility index (Phi) is 6.90. The maximum Gasteiger partial charge on any atom is 0.325 e. The summed E-state index contributed by atoms with van der Waals surface area (Å²) in [5, 5.41) is 2.81. The minimum absolute atomic E-state index is 0.264. The summed E-state index contributed by atoms with van der Waals surface area (Å²) in [7, 11) is 0. The van der Waals surface area contributed by atoms with Crippen molar-refractivity contribution in [2.45, 2.75) is 64.3 Å². The first kappa shape index (κ1) is 22.0. The van der Waals surface area contributed by atoms with Gasteiger partial charge >= 0.3 is 6.03 Å². The molecule has 0 radical (unpaired) electrons. The smallest absolute Gasteiger partial charge is 0.319 e. The highest BCUT2D eigenvalue weighted by Crippen LogP contribution is 2.34. The van der Waals surface area contributed by atoms with E-state index < -0.39 is 23.3 Å². The summed E-state index contributed by atoms with van der Waals surface area (Å²) in [5.41, 5.74) is 0.243. The van der Waals surface area contributed by atoms with Crippen molar-refractivity contribution < 1.29 is 18.8 Å². The number of halogens is 1. The number of allylic oxidation sites excluding steroid dienone is 2. The van der Waals surface area contributed by atoms with Gasteiger partial charge in [0, 0.05) is 12.2 Å². The summed E-state index contributed by atoms with van der Waals surface area (Å²) >= 11 is 0. The zero-order valence-electron chi connectivity index (χ0n) is 17.7. The first-order valence-electron chi connectivity index (χ1n) is 10.8. The fourth-order valence-electron chi connectivity index (χ4n) is 4.28. The van der Waals surface area contributed by atoms with E-state index in [9.17, 15) is 18.8 Å². The number of nitrogens with one attached hydrogen (secondary N) is 1. The molecule has 1 N–H and O–H groups in total. The average molecular weight is 416 g/mol. The summed E-state index contributed by atoms with van der Waals surface area (Å²) < 4.78 is 13.4. The van der Waals surface area contributed by atoms with E-state index >= 15 is 0 Å². The van der Waals surface area contributed by atoms with E-state index in [2.05, 4.69) is 11.4 Å². The van der Waals surface area contributed by atoms with Gasteiger partial charge in [0.15, 0.2) is 0 Å². The van der Waals surface area contributed by atoms with Crippen LogP contribution in [0.25, 0.3) is 0 Å². The van der Waals surface area contributed by atoms with Gasteiger partial charge in [-0.15, -0.1) is 0 Å². The number of carbonyl (C=O) groups is 3. The SMILES string of the molecule is CCCC[C@]1(c2ccc(F)cc2)NC(=O)N(CC(=O)N(CC)C2=CCCCC2)C1=O. The number of carbonyl (C=O) groups excluding carboxylic acids is 3. The van der Waals surface area contributed by atoms with E-state index in [1.165, 1.54) is 24.3 Å². The number of unbranched alkanes of at least 4 members (excludes halogenated alkanes) is 1. The van der Waals surface area contributed by atoms with Gasteiger partial charge in [0.05, 0.1) is 0 Å². The third-order valence-corrected chi connectivity index (χ3v) is 5.94. The molecule has 162 valence electrons. The molecule has 1 aliphatic carbocycles. The number of imide groups is 1. The lowest BCUT2D eigenvalue weighted by Crippen LogP contribution is -2.45. The van der Waals surface area contributed by atoms with Crippen LogP contribution in [0.1, 0.15) is 64.4 Å². The van der Waals surface area contributed by atoms with Crippen molar-refractivity contribution in [3.8, 4) is 0 Å². The van der Waals surface area contributed by atoms with Gasteiger partial charge in [0.25, 0.3) is 5.91 Å². The highest BCUT2D eigenvalue weighted by molar-refractivity contribution is 6.09. The fraction of sp³-hybridized carbons (Fsp3) is 0.522. The maximum absolute atomic E-state index is 13.4. The molecular formula is C23H30FN3O3. The number of amides is 4. The molecule has 1 fully saturated rings. The normalized spacial score (nSPS) is 21.4. The van der Waals surface area contributed by atoms with Crippen LogP contribution < -0.4 is 5.32 Å². The minimum Gasteiger partial charge on any atom is -0.319 e. The number of urea groups is 1. The van der Waals surface area contributed by atoms with E-state index in [1.807, 2.05) is 13.8 Å². The van der Waals surface area contributed by atoms with Gasteiger partial charge in [-0.1, -0.05) is 38.0 Å². The molecule has 1 atom stereocenters. The summed E-state index contributed by atoms with van der Waals surface area (Å²) in [4.78, 5) is 41.8. The number of likely N-dealkylation sites (N-methyl/N-ethyl adjacent to an activating group) is 1. The van der Waals surface area contributed by atoms with E-state index in [0.29, 0.717) is 24.9 Å². The largest absolute Gasteiger partial charge is 0.325 e. The van der Waals surface area contributed by atoms with Crippen molar-refractivity contribution in [3.05, 3.63) is 47.4 Å². The van der Waals surface area contributed by atoms with Crippen LogP contribution in [-0.2, 0) is 15.1 Å². The van der Waals surface area contributed by atoms with Crippen molar-refractivity contribution in [2.75, 3.05) is 13.1 Å². The number of benzene rings is 1. The van der Waals surface area contributed by atoms with Crippen molar-refractivity contribution in [1.29, 1.82) is 0 Å². The molecule has 1 heterocycles. The second-order valence-electron chi connectivity index (χ2n) is 7.92. The molecule has 0 bridgehead atoms. The van der Waals surface area contributed by atoms with Crippen LogP contribution in [0.2, 0.25) is 0 Å². The second-order valence-corrected chi connectivity index (χ2v) is 7.92. The molecule has 1 saturated heterocycles. The monoisotopic (exact) mass is 415 g/mol. The Hall–Kier alpha value is -2.70. The van der Waals surface area contributed by atoms with Crippen molar-refractivity contribution in [2.24, 2.45) is 0 Å². The number of rotatable bonds is 8. The van der Waals surface area contributed by atoms with Gasteiger partial charge in [0.2, 0.25) is 5.91 Å². The van der Waals surface area contributed by atoms with Crippen LogP contribution in [0.15, 0.2) is 36.0 Å². The molecular weight excluding hydrogens is 385 g/mol. The van der Waals surface area contributed by atoms with E-state index in [1.54, 1.807) is 4.90 Å². The fourth-order valence-corrected chi connectivity index (χ4v) is 4.28. The van der Waals surface area contributed by atoms with E-state index in [0.717, 1.165) is 42.7 Å². The van der Waals surface area contributed by atoms with Gasteiger partial charge in [0.1, 0.15) is 17.9 Å². The third-order valence-electron chi connectivity index (χ3n) is 5.94. The molecule has 0 unspecified atom stereocenters. The molecule has 4 amide bonds. The number of hydrogen-bond acceptors (Lipinski definition) is 3. The quantitative estimate of drug-likeness (QED) is 0.651. The molecule has 1 aromatic carbocycles. The first-order valence-corrected chi connectivity index (χ1v) is 10.8. The van der Waals surface area contributed by atoms with Gasteiger partial charge in [-0.25, -0.2) is 9.18 Å². The molecule has 0 spiro atoms. The van der Waals surface area contributed by atoms with Crippen molar-refractivity contribution in [1.82, 2.24) is 15.1 Å². The molecule has 0 saturated carbocycles.